The highest BCUT2D eigenvalue weighted by molar-refractivity contribution is 5.89. The van der Waals surface area contributed by atoms with E-state index in [4.69, 9.17) is 4.74 Å². The molecule has 5 atom stereocenters. The zero-order valence-electron chi connectivity index (χ0n) is 13.5. The highest BCUT2D eigenvalue weighted by atomic mass is 16.6. The Morgan fingerprint density at radius 2 is 2.17 bits per heavy atom. The van der Waals surface area contributed by atoms with Gasteiger partial charge in [0, 0.05) is 12.3 Å². The molecule has 0 aromatic rings. The molecule has 1 N–H and O–H groups in total. The van der Waals surface area contributed by atoms with Crippen molar-refractivity contribution in [3.8, 4) is 0 Å². The van der Waals surface area contributed by atoms with Gasteiger partial charge in [0.25, 0.3) is 0 Å². The number of allylic oxidation sites excluding steroid dienone is 2. The SMILES string of the molecule is C[C@@]12CCC[C@@]3(OC1=O)C1=CC[C@H]4C[C@]1(CC4=O)C(O)=C([N+]#N)[C@H]23. The average molecular weight is 327 g/mol. The third kappa shape index (κ3) is 1.22. The van der Waals surface area contributed by atoms with E-state index in [2.05, 4.69) is 4.98 Å². The minimum Gasteiger partial charge on any atom is -0.505 e. The Kier molecular flexibility index (Phi) is 2.31. The lowest BCUT2D eigenvalue weighted by atomic mass is 9.50. The van der Waals surface area contributed by atoms with Gasteiger partial charge in [-0.1, -0.05) is 6.08 Å². The van der Waals surface area contributed by atoms with Crippen LogP contribution in [0.5, 0.6) is 0 Å². The molecule has 1 aliphatic heterocycles. The number of aliphatic hydroxyl groups excluding tert-OH is 1. The van der Waals surface area contributed by atoms with Crippen molar-refractivity contribution >= 4 is 11.8 Å². The molecule has 5 aliphatic rings. The molecular formula is C18H19N2O4+. The first kappa shape index (κ1) is 14.2. The third-order valence-corrected chi connectivity index (χ3v) is 7.27. The monoisotopic (exact) mass is 327 g/mol. The number of esters is 1. The van der Waals surface area contributed by atoms with Crippen LogP contribution in [-0.2, 0) is 14.3 Å². The van der Waals surface area contributed by atoms with Crippen molar-refractivity contribution in [2.75, 3.05) is 0 Å². The largest absolute Gasteiger partial charge is 0.505 e. The maximum atomic E-state index is 12.7. The van der Waals surface area contributed by atoms with Crippen LogP contribution >= 0.6 is 0 Å². The zero-order valence-corrected chi connectivity index (χ0v) is 13.5. The van der Waals surface area contributed by atoms with Gasteiger partial charge >= 0.3 is 11.7 Å². The molecule has 4 bridgehead atoms. The van der Waals surface area contributed by atoms with E-state index in [1.54, 1.807) is 0 Å². The van der Waals surface area contributed by atoms with Crippen molar-refractivity contribution in [2.24, 2.45) is 22.7 Å². The van der Waals surface area contributed by atoms with Gasteiger partial charge < -0.3 is 9.84 Å². The number of aliphatic hydroxyl groups is 1. The smallest absolute Gasteiger partial charge is 0.407 e. The average Bonchev–Trinajstić information content (AvgIpc) is 2.86. The summed E-state index contributed by atoms with van der Waals surface area (Å²) in [5, 5.41) is 20.7. The molecule has 6 heteroatoms. The quantitative estimate of drug-likeness (QED) is 0.419. The number of fused-ring (bicyclic) bond motifs is 1. The standard InChI is InChI=1S/C18H18N2O4/c1-16-5-2-6-18(24-15(16)23)11-4-3-9-7-17(11,8-10(9)21)14(22)12(20-19)13(16)18/h4,9,13H,2-3,5-8H2,1H3/p+1/t9-,13+,16-,17+,18+/m0/s1. The summed E-state index contributed by atoms with van der Waals surface area (Å²) in [6.45, 7) is 1.84. The van der Waals surface area contributed by atoms with Crippen molar-refractivity contribution in [3.05, 3.63) is 28.1 Å². The van der Waals surface area contributed by atoms with Gasteiger partial charge in [-0.25, -0.2) is 0 Å². The molecule has 1 saturated heterocycles. The number of carbonyl (C=O) groups excluding carboxylic acids is 2. The summed E-state index contributed by atoms with van der Waals surface area (Å²) in [4.78, 5) is 28.5. The Labute approximate surface area is 139 Å². The topological polar surface area (TPSA) is 91.8 Å². The maximum absolute atomic E-state index is 12.7. The van der Waals surface area contributed by atoms with Crippen molar-refractivity contribution in [1.82, 2.24) is 0 Å². The number of ether oxygens (including phenoxy) is 1. The van der Waals surface area contributed by atoms with Crippen LogP contribution in [0.25, 0.3) is 4.98 Å². The minimum absolute atomic E-state index is 0.0288. The van der Waals surface area contributed by atoms with Crippen molar-refractivity contribution in [1.29, 1.82) is 5.39 Å². The predicted octanol–water partition coefficient (Wildman–Crippen LogP) is 3.02. The van der Waals surface area contributed by atoms with Gasteiger partial charge in [-0.2, -0.15) is 0 Å². The first-order valence-corrected chi connectivity index (χ1v) is 8.65. The van der Waals surface area contributed by atoms with Gasteiger partial charge in [0.2, 0.25) is 5.39 Å². The first-order chi connectivity index (χ1) is 11.4. The van der Waals surface area contributed by atoms with Crippen LogP contribution in [0.1, 0.15) is 45.4 Å². The molecule has 0 unspecified atom stereocenters. The highest BCUT2D eigenvalue weighted by Gasteiger charge is 2.78. The van der Waals surface area contributed by atoms with Crippen LogP contribution in [0.3, 0.4) is 0 Å². The van der Waals surface area contributed by atoms with Gasteiger partial charge in [-0.3, -0.25) is 9.59 Å². The molecule has 0 radical (unpaired) electrons. The summed E-state index contributed by atoms with van der Waals surface area (Å²) in [6.07, 6.45) is 5.51. The number of hydrogen-bond acceptors (Lipinski definition) is 5. The van der Waals surface area contributed by atoms with E-state index in [9.17, 15) is 20.1 Å². The Balaban J connectivity index is 1.85. The molecule has 0 aromatic heterocycles. The summed E-state index contributed by atoms with van der Waals surface area (Å²) in [7, 11) is 0. The van der Waals surface area contributed by atoms with Crippen molar-refractivity contribution in [3.63, 3.8) is 0 Å². The number of diazo groups is 1. The van der Waals surface area contributed by atoms with Gasteiger partial charge in [-0.15, -0.1) is 0 Å². The predicted molar refractivity (Wildman–Crippen MR) is 81.9 cm³/mol. The Morgan fingerprint density at radius 3 is 2.92 bits per heavy atom. The van der Waals surface area contributed by atoms with E-state index in [0.29, 0.717) is 25.7 Å². The molecule has 0 amide bonds. The summed E-state index contributed by atoms with van der Waals surface area (Å²) >= 11 is 0. The van der Waals surface area contributed by atoms with E-state index < -0.39 is 22.3 Å². The molecule has 2 saturated carbocycles. The van der Waals surface area contributed by atoms with Crippen LogP contribution in [0.4, 0.5) is 0 Å². The fourth-order valence-electron chi connectivity index (χ4n) is 6.30. The van der Waals surface area contributed by atoms with E-state index in [1.807, 2.05) is 13.0 Å². The van der Waals surface area contributed by atoms with Gasteiger partial charge in [0.1, 0.15) is 17.3 Å². The zero-order chi connectivity index (χ0) is 16.9. The van der Waals surface area contributed by atoms with Crippen molar-refractivity contribution < 1.29 is 19.4 Å². The molecule has 1 spiro atoms. The molecular weight excluding hydrogens is 308 g/mol. The van der Waals surface area contributed by atoms with Crippen LogP contribution < -0.4 is 0 Å². The molecule has 4 aliphatic carbocycles. The number of hydrogen-bond donors (Lipinski definition) is 1. The fraction of sp³-hybridized carbons (Fsp3) is 0.667. The lowest BCUT2D eigenvalue weighted by Gasteiger charge is -2.49. The highest BCUT2D eigenvalue weighted by Crippen LogP contribution is 2.71. The molecule has 5 rings (SSSR count). The van der Waals surface area contributed by atoms with Crippen LogP contribution in [0.15, 0.2) is 23.1 Å². The molecule has 1 heterocycles. The molecule has 0 aromatic carbocycles. The molecule has 3 fully saturated rings. The number of ketones is 1. The number of nitrogens with zero attached hydrogens (tertiary/aromatic N) is 2. The number of rotatable bonds is 0. The van der Waals surface area contributed by atoms with E-state index >= 15 is 0 Å². The minimum atomic E-state index is -0.868. The Morgan fingerprint density at radius 1 is 1.38 bits per heavy atom. The molecule has 124 valence electrons. The fourth-order valence-corrected chi connectivity index (χ4v) is 6.30. The normalized spacial score (nSPS) is 48.4. The molecule has 24 heavy (non-hydrogen) atoms. The van der Waals surface area contributed by atoms with Gasteiger partial charge in [0.15, 0.2) is 10.7 Å². The Hall–Kier alpha value is -2.16. The van der Waals surface area contributed by atoms with Crippen LogP contribution in [0, 0.1) is 28.1 Å². The lowest BCUT2D eigenvalue weighted by molar-refractivity contribution is -0.151. The summed E-state index contributed by atoms with van der Waals surface area (Å²) in [5.41, 5.74) is -1.48. The van der Waals surface area contributed by atoms with Gasteiger partial charge in [0.05, 0.1) is 10.8 Å². The summed E-state index contributed by atoms with van der Waals surface area (Å²) in [5.74, 6) is -0.777. The second-order valence-corrected chi connectivity index (χ2v) is 8.30. The van der Waals surface area contributed by atoms with Crippen LogP contribution in [-0.4, -0.2) is 22.5 Å². The number of Topliss-reactive ketones (excluding diaryl/α,β-unsaturated/α-hetero) is 1. The van der Waals surface area contributed by atoms with E-state index in [1.165, 1.54) is 0 Å². The Bertz CT molecular complexity index is 821. The van der Waals surface area contributed by atoms with Gasteiger partial charge in [-0.05, 0) is 44.6 Å². The van der Waals surface area contributed by atoms with E-state index in [0.717, 1.165) is 12.0 Å². The first-order valence-electron chi connectivity index (χ1n) is 8.65. The molecule has 6 nitrogen and oxygen atoms in total. The summed E-state index contributed by atoms with van der Waals surface area (Å²) < 4.78 is 5.98. The van der Waals surface area contributed by atoms with Crippen LogP contribution in [0.2, 0.25) is 0 Å². The second kappa shape index (κ2) is 3.90. The van der Waals surface area contributed by atoms with E-state index in [-0.39, 0.29) is 35.5 Å². The number of carbonyl (C=O) groups is 2. The lowest BCUT2D eigenvalue weighted by Crippen LogP contribution is -2.54. The van der Waals surface area contributed by atoms with Crippen molar-refractivity contribution in [2.45, 2.75) is 51.0 Å². The summed E-state index contributed by atoms with van der Waals surface area (Å²) in [6, 6.07) is 0. The second-order valence-electron chi connectivity index (χ2n) is 8.30. The maximum Gasteiger partial charge on any atom is 0.407 e. The third-order valence-electron chi connectivity index (χ3n) is 7.27.